The highest BCUT2D eigenvalue weighted by molar-refractivity contribution is 6.09. The Balaban J connectivity index is 2.11. The summed E-state index contributed by atoms with van der Waals surface area (Å²) in [6.45, 7) is 3.98. The molecule has 0 heterocycles. The molecular weight excluding hydrogens is 345 g/mol. The number of benzene rings is 2. The number of aryl methyl sites for hydroxylation is 1. The molecule has 0 spiro atoms. The van der Waals surface area contributed by atoms with Crippen LogP contribution in [0.3, 0.4) is 0 Å². The molecule has 7 heteroatoms. The fourth-order valence-electron chi connectivity index (χ4n) is 2.57. The first-order valence-electron chi connectivity index (χ1n) is 8.05. The van der Waals surface area contributed by atoms with E-state index in [0.29, 0.717) is 12.2 Å². The Morgan fingerprint density at radius 3 is 2.38 bits per heavy atom. The van der Waals surface area contributed by atoms with Crippen molar-refractivity contribution in [2.75, 3.05) is 16.8 Å². The predicted molar refractivity (Wildman–Crippen MR) is 93.9 cm³/mol. The van der Waals surface area contributed by atoms with Crippen LogP contribution in [0.25, 0.3) is 0 Å². The van der Waals surface area contributed by atoms with Crippen molar-refractivity contribution in [1.82, 2.24) is 0 Å². The molecule has 0 atom stereocenters. The molecule has 2 aromatic rings. The highest BCUT2D eigenvalue weighted by Crippen LogP contribution is 2.34. The maximum Gasteiger partial charge on any atom is 0.418 e. The van der Waals surface area contributed by atoms with E-state index in [1.807, 2.05) is 13.0 Å². The van der Waals surface area contributed by atoms with Crippen molar-refractivity contribution in [3.05, 3.63) is 59.7 Å². The molecule has 0 radical (unpaired) electrons. The summed E-state index contributed by atoms with van der Waals surface area (Å²) in [5, 5.41) is 2.18. The molecule has 0 aliphatic carbocycles. The molecule has 0 saturated carbocycles. The van der Waals surface area contributed by atoms with Gasteiger partial charge < -0.3 is 10.2 Å². The number of carbonyl (C=O) groups excluding carboxylic acids is 2. The van der Waals surface area contributed by atoms with E-state index in [0.717, 1.165) is 17.7 Å². The van der Waals surface area contributed by atoms with E-state index < -0.39 is 30.0 Å². The second kappa shape index (κ2) is 8.03. The standard InChI is InChI=1S/C19H19F3N2O2/c1-3-24(14-8-6-7-13(2)11-14)18(26)12-17(25)23-16-10-5-4-9-15(16)19(20,21)22/h4-11H,3,12H2,1-2H3,(H,23,25). The fourth-order valence-corrected chi connectivity index (χ4v) is 2.57. The van der Waals surface area contributed by atoms with Gasteiger partial charge in [-0.15, -0.1) is 0 Å². The van der Waals surface area contributed by atoms with Gasteiger partial charge >= 0.3 is 6.18 Å². The first-order chi connectivity index (χ1) is 12.2. The fraction of sp³-hybridized carbons (Fsp3) is 0.263. The summed E-state index contributed by atoms with van der Waals surface area (Å²) in [7, 11) is 0. The largest absolute Gasteiger partial charge is 0.418 e. The Bertz CT molecular complexity index is 803. The van der Waals surface area contributed by atoms with Crippen LogP contribution in [0.4, 0.5) is 24.5 Å². The summed E-state index contributed by atoms with van der Waals surface area (Å²) in [4.78, 5) is 25.9. The number of halogens is 3. The quantitative estimate of drug-likeness (QED) is 0.800. The molecule has 0 bridgehead atoms. The van der Waals surface area contributed by atoms with Gasteiger partial charge in [-0.1, -0.05) is 24.3 Å². The van der Waals surface area contributed by atoms with Gasteiger partial charge in [0.05, 0.1) is 11.3 Å². The number of carbonyl (C=O) groups is 2. The number of nitrogens with zero attached hydrogens (tertiary/aromatic N) is 1. The molecule has 0 aliphatic rings. The lowest BCUT2D eigenvalue weighted by atomic mass is 10.1. The highest BCUT2D eigenvalue weighted by Gasteiger charge is 2.33. The molecule has 4 nitrogen and oxygen atoms in total. The summed E-state index contributed by atoms with van der Waals surface area (Å²) in [6, 6.07) is 11.9. The lowest BCUT2D eigenvalue weighted by Gasteiger charge is -2.21. The number of hydrogen-bond donors (Lipinski definition) is 1. The van der Waals surface area contributed by atoms with Crippen LogP contribution >= 0.6 is 0 Å². The van der Waals surface area contributed by atoms with Crippen molar-refractivity contribution in [3.8, 4) is 0 Å². The van der Waals surface area contributed by atoms with Gasteiger partial charge in [0.15, 0.2) is 0 Å². The van der Waals surface area contributed by atoms with Gasteiger partial charge in [-0.05, 0) is 43.7 Å². The van der Waals surface area contributed by atoms with Gasteiger partial charge in [-0.25, -0.2) is 0 Å². The summed E-state index contributed by atoms with van der Waals surface area (Å²) in [5.74, 6) is -1.28. The Kier molecular flexibility index (Phi) is 6.02. The molecule has 0 aliphatic heterocycles. The molecule has 2 aromatic carbocycles. The monoisotopic (exact) mass is 364 g/mol. The lowest BCUT2D eigenvalue weighted by Crippen LogP contribution is -2.33. The van der Waals surface area contributed by atoms with Crippen LogP contribution in [0.15, 0.2) is 48.5 Å². The van der Waals surface area contributed by atoms with E-state index >= 15 is 0 Å². The summed E-state index contributed by atoms with van der Waals surface area (Å²) < 4.78 is 38.9. The number of anilines is 2. The Morgan fingerprint density at radius 2 is 1.77 bits per heavy atom. The topological polar surface area (TPSA) is 49.4 Å². The number of hydrogen-bond acceptors (Lipinski definition) is 2. The van der Waals surface area contributed by atoms with Crippen molar-refractivity contribution in [1.29, 1.82) is 0 Å². The minimum atomic E-state index is -4.59. The van der Waals surface area contributed by atoms with Crippen molar-refractivity contribution in [3.63, 3.8) is 0 Å². The van der Waals surface area contributed by atoms with Crippen LogP contribution in [-0.4, -0.2) is 18.4 Å². The highest BCUT2D eigenvalue weighted by atomic mass is 19.4. The van der Waals surface area contributed by atoms with Gasteiger partial charge in [-0.3, -0.25) is 9.59 Å². The van der Waals surface area contributed by atoms with Gasteiger partial charge in [-0.2, -0.15) is 13.2 Å². The third-order valence-corrected chi connectivity index (χ3v) is 3.75. The third kappa shape index (κ3) is 4.84. The van der Waals surface area contributed by atoms with Crippen LogP contribution in [0.1, 0.15) is 24.5 Å². The zero-order chi connectivity index (χ0) is 19.3. The molecule has 2 amide bonds. The van der Waals surface area contributed by atoms with Crippen molar-refractivity contribution < 1.29 is 22.8 Å². The normalized spacial score (nSPS) is 11.1. The van der Waals surface area contributed by atoms with Gasteiger partial charge in [0.25, 0.3) is 0 Å². The average Bonchev–Trinajstić information content (AvgIpc) is 2.55. The van der Waals surface area contributed by atoms with Crippen LogP contribution in [-0.2, 0) is 15.8 Å². The van der Waals surface area contributed by atoms with Gasteiger partial charge in [0, 0.05) is 12.2 Å². The molecule has 0 aromatic heterocycles. The number of alkyl halides is 3. The summed E-state index contributed by atoms with van der Waals surface area (Å²) in [6.07, 6.45) is -5.14. The molecule has 0 unspecified atom stereocenters. The Morgan fingerprint density at radius 1 is 1.08 bits per heavy atom. The summed E-state index contributed by atoms with van der Waals surface area (Å²) in [5.41, 5.74) is 0.279. The molecule has 2 rings (SSSR count). The number of amides is 2. The molecule has 0 fully saturated rings. The third-order valence-electron chi connectivity index (χ3n) is 3.75. The van der Waals surface area contributed by atoms with E-state index in [1.54, 1.807) is 25.1 Å². The van der Waals surface area contributed by atoms with Crippen molar-refractivity contribution in [2.24, 2.45) is 0 Å². The van der Waals surface area contributed by atoms with E-state index in [1.165, 1.54) is 17.0 Å². The first kappa shape index (κ1) is 19.5. The minimum Gasteiger partial charge on any atom is -0.325 e. The molecule has 26 heavy (non-hydrogen) atoms. The maximum absolute atomic E-state index is 13.0. The molecule has 0 saturated heterocycles. The maximum atomic E-state index is 13.0. The lowest BCUT2D eigenvalue weighted by molar-refractivity contribution is -0.137. The van der Waals surface area contributed by atoms with E-state index in [9.17, 15) is 22.8 Å². The van der Waals surface area contributed by atoms with Crippen molar-refractivity contribution >= 4 is 23.2 Å². The zero-order valence-corrected chi connectivity index (χ0v) is 14.4. The SMILES string of the molecule is CCN(C(=O)CC(=O)Nc1ccccc1C(F)(F)F)c1cccc(C)c1. The van der Waals surface area contributed by atoms with Gasteiger partial charge in [0.2, 0.25) is 11.8 Å². The Hall–Kier alpha value is -2.83. The zero-order valence-electron chi connectivity index (χ0n) is 14.4. The van der Waals surface area contributed by atoms with Crippen LogP contribution in [0, 0.1) is 6.92 Å². The summed E-state index contributed by atoms with van der Waals surface area (Å²) >= 11 is 0. The number of para-hydroxylation sites is 1. The smallest absolute Gasteiger partial charge is 0.325 e. The molecule has 138 valence electrons. The molecule has 1 N–H and O–H groups in total. The van der Waals surface area contributed by atoms with E-state index in [4.69, 9.17) is 0 Å². The first-order valence-corrected chi connectivity index (χ1v) is 8.05. The second-order valence-corrected chi connectivity index (χ2v) is 5.75. The van der Waals surface area contributed by atoms with E-state index in [-0.39, 0.29) is 5.69 Å². The second-order valence-electron chi connectivity index (χ2n) is 5.75. The Labute approximate surface area is 149 Å². The predicted octanol–water partition coefficient (Wildman–Crippen LogP) is 4.40. The van der Waals surface area contributed by atoms with E-state index in [2.05, 4.69) is 5.32 Å². The number of nitrogens with one attached hydrogen (secondary N) is 1. The average molecular weight is 364 g/mol. The van der Waals surface area contributed by atoms with Gasteiger partial charge in [0.1, 0.15) is 6.42 Å². The van der Waals surface area contributed by atoms with Crippen LogP contribution < -0.4 is 10.2 Å². The minimum absolute atomic E-state index is 0.342. The van der Waals surface area contributed by atoms with Crippen LogP contribution in [0.2, 0.25) is 0 Å². The molecular formula is C19H19F3N2O2. The van der Waals surface area contributed by atoms with Crippen LogP contribution in [0.5, 0.6) is 0 Å². The number of rotatable bonds is 5. The van der Waals surface area contributed by atoms with Crippen molar-refractivity contribution in [2.45, 2.75) is 26.4 Å².